The molecular formula is C15H24N2O. The number of pyridine rings is 1. The molecule has 1 aromatic rings. The molecule has 1 aliphatic carbocycles. The third-order valence-corrected chi connectivity index (χ3v) is 3.79. The molecule has 0 spiro atoms. The second-order valence-corrected chi connectivity index (χ2v) is 5.25. The molecule has 3 nitrogen and oxygen atoms in total. The highest BCUT2D eigenvalue weighted by atomic mass is 16.5. The van der Waals surface area contributed by atoms with Crippen LogP contribution in [0.1, 0.15) is 57.2 Å². The molecule has 0 saturated heterocycles. The highest BCUT2D eigenvalue weighted by molar-refractivity contribution is 5.21. The summed E-state index contributed by atoms with van der Waals surface area (Å²) in [5, 5.41) is 0. The predicted octanol–water partition coefficient (Wildman–Crippen LogP) is 3.45. The molecule has 0 aliphatic heterocycles. The molecule has 0 radical (unpaired) electrons. The van der Waals surface area contributed by atoms with Crippen molar-refractivity contribution in [2.24, 2.45) is 11.7 Å². The molecule has 0 amide bonds. The van der Waals surface area contributed by atoms with Crippen molar-refractivity contribution in [3.8, 4) is 5.75 Å². The number of nitrogens with two attached hydrogens (primary N) is 1. The normalized spacial score (nSPS) is 18.6. The predicted molar refractivity (Wildman–Crippen MR) is 73.5 cm³/mol. The van der Waals surface area contributed by atoms with Gasteiger partial charge in [0.2, 0.25) is 0 Å². The molecule has 0 bridgehead atoms. The van der Waals surface area contributed by atoms with E-state index in [1.807, 2.05) is 12.1 Å². The lowest BCUT2D eigenvalue weighted by atomic mass is 9.90. The molecule has 1 atom stereocenters. The summed E-state index contributed by atoms with van der Waals surface area (Å²) in [4.78, 5) is 4.36. The van der Waals surface area contributed by atoms with Crippen molar-refractivity contribution in [3.05, 3.63) is 24.0 Å². The van der Waals surface area contributed by atoms with Crippen molar-refractivity contribution < 1.29 is 4.74 Å². The van der Waals surface area contributed by atoms with Crippen LogP contribution in [0.3, 0.4) is 0 Å². The quantitative estimate of drug-likeness (QED) is 0.868. The largest absolute Gasteiger partial charge is 0.492 e. The average molecular weight is 248 g/mol. The molecular weight excluding hydrogens is 224 g/mol. The zero-order chi connectivity index (χ0) is 12.8. The van der Waals surface area contributed by atoms with Crippen LogP contribution in [-0.4, -0.2) is 11.6 Å². The maximum atomic E-state index is 5.93. The van der Waals surface area contributed by atoms with Gasteiger partial charge in [0.05, 0.1) is 18.5 Å². The van der Waals surface area contributed by atoms with Gasteiger partial charge in [-0.05, 0) is 37.3 Å². The minimum Gasteiger partial charge on any atom is -0.492 e. The summed E-state index contributed by atoms with van der Waals surface area (Å²) in [5.41, 5.74) is 6.88. The Hall–Kier alpha value is -1.09. The van der Waals surface area contributed by atoms with Gasteiger partial charge in [0.15, 0.2) is 0 Å². The van der Waals surface area contributed by atoms with E-state index in [-0.39, 0.29) is 6.04 Å². The van der Waals surface area contributed by atoms with Crippen molar-refractivity contribution >= 4 is 0 Å². The van der Waals surface area contributed by atoms with Crippen LogP contribution in [0.25, 0.3) is 0 Å². The van der Waals surface area contributed by atoms with Crippen molar-refractivity contribution in [2.75, 3.05) is 6.61 Å². The molecule has 2 N–H and O–H groups in total. The molecule has 1 fully saturated rings. The Labute approximate surface area is 110 Å². The third-order valence-electron chi connectivity index (χ3n) is 3.79. The first-order valence-corrected chi connectivity index (χ1v) is 7.14. The molecule has 1 heterocycles. The zero-order valence-electron chi connectivity index (χ0n) is 11.3. The summed E-state index contributed by atoms with van der Waals surface area (Å²) >= 11 is 0. The number of hydrogen-bond donors (Lipinski definition) is 1. The van der Waals surface area contributed by atoms with E-state index in [1.54, 1.807) is 6.20 Å². The van der Waals surface area contributed by atoms with Gasteiger partial charge in [-0.15, -0.1) is 0 Å². The van der Waals surface area contributed by atoms with E-state index in [4.69, 9.17) is 10.5 Å². The van der Waals surface area contributed by atoms with Crippen LogP contribution in [0.5, 0.6) is 5.75 Å². The minimum atomic E-state index is 0.0393. The van der Waals surface area contributed by atoms with Crippen molar-refractivity contribution in [2.45, 2.75) is 51.5 Å². The molecule has 100 valence electrons. The molecule has 18 heavy (non-hydrogen) atoms. The summed E-state index contributed by atoms with van der Waals surface area (Å²) in [6.45, 7) is 2.90. The maximum Gasteiger partial charge on any atom is 0.137 e. The van der Waals surface area contributed by atoms with E-state index < -0.39 is 0 Å². The monoisotopic (exact) mass is 248 g/mol. The number of aromatic nitrogens is 1. The average Bonchev–Trinajstić information content (AvgIpc) is 2.46. The number of rotatable bonds is 5. The molecule has 1 aromatic heterocycles. The molecule has 2 rings (SSSR count). The van der Waals surface area contributed by atoms with Crippen LogP contribution in [0.2, 0.25) is 0 Å². The fourth-order valence-electron chi connectivity index (χ4n) is 2.47. The second-order valence-electron chi connectivity index (χ2n) is 5.25. The fraction of sp³-hybridized carbons (Fsp3) is 0.667. The number of ether oxygens (including phenoxy) is 1. The highest BCUT2D eigenvalue weighted by Crippen LogP contribution is 2.24. The Balaban J connectivity index is 1.82. The molecule has 3 heteroatoms. The first-order valence-electron chi connectivity index (χ1n) is 7.14. The van der Waals surface area contributed by atoms with Crippen LogP contribution in [-0.2, 0) is 0 Å². The topological polar surface area (TPSA) is 48.1 Å². The van der Waals surface area contributed by atoms with Crippen LogP contribution in [0.4, 0.5) is 0 Å². The van der Waals surface area contributed by atoms with E-state index in [1.165, 1.54) is 32.1 Å². The SMILES string of the molecule is CC[C@H](N)c1ccc(OCC2CCCCC2)cn1. The van der Waals surface area contributed by atoms with Gasteiger partial charge in [-0.3, -0.25) is 4.98 Å². The third kappa shape index (κ3) is 3.70. The Kier molecular flexibility index (Phi) is 5.00. The minimum absolute atomic E-state index is 0.0393. The zero-order valence-corrected chi connectivity index (χ0v) is 11.3. The van der Waals surface area contributed by atoms with Crippen LogP contribution >= 0.6 is 0 Å². The van der Waals surface area contributed by atoms with Gasteiger partial charge in [0.25, 0.3) is 0 Å². The summed E-state index contributed by atoms with van der Waals surface area (Å²) in [5.74, 6) is 1.60. The van der Waals surface area contributed by atoms with Gasteiger partial charge in [-0.25, -0.2) is 0 Å². The highest BCUT2D eigenvalue weighted by Gasteiger charge is 2.14. The standard InChI is InChI=1S/C15H24N2O/c1-2-14(16)15-9-8-13(10-17-15)18-11-12-6-4-3-5-7-12/h8-10,12,14H,2-7,11,16H2,1H3/t14-/m0/s1. The second kappa shape index (κ2) is 6.74. The van der Waals surface area contributed by atoms with E-state index in [2.05, 4.69) is 11.9 Å². The van der Waals surface area contributed by atoms with Gasteiger partial charge >= 0.3 is 0 Å². The Morgan fingerprint density at radius 1 is 1.33 bits per heavy atom. The van der Waals surface area contributed by atoms with Crippen molar-refractivity contribution in [1.82, 2.24) is 4.98 Å². The summed E-state index contributed by atoms with van der Waals surface area (Å²) in [6, 6.07) is 4.00. The lowest BCUT2D eigenvalue weighted by Gasteiger charge is -2.21. The van der Waals surface area contributed by atoms with E-state index in [9.17, 15) is 0 Å². The van der Waals surface area contributed by atoms with Gasteiger partial charge in [0.1, 0.15) is 5.75 Å². The first-order chi connectivity index (χ1) is 8.79. The van der Waals surface area contributed by atoms with E-state index in [0.29, 0.717) is 0 Å². The van der Waals surface area contributed by atoms with E-state index >= 15 is 0 Å². The van der Waals surface area contributed by atoms with Crippen LogP contribution in [0, 0.1) is 5.92 Å². The van der Waals surface area contributed by atoms with E-state index in [0.717, 1.165) is 30.4 Å². The van der Waals surface area contributed by atoms with Gasteiger partial charge in [-0.1, -0.05) is 26.2 Å². The maximum absolute atomic E-state index is 5.93. The van der Waals surface area contributed by atoms with Gasteiger partial charge < -0.3 is 10.5 Å². The summed E-state index contributed by atoms with van der Waals surface area (Å²) in [7, 11) is 0. The van der Waals surface area contributed by atoms with Gasteiger partial charge in [-0.2, -0.15) is 0 Å². The Bertz CT molecular complexity index is 344. The van der Waals surface area contributed by atoms with Crippen LogP contribution in [0.15, 0.2) is 18.3 Å². The Morgan fingerprint density at radius 2 is 2.11 bits per heavy atom. The smallest absolute Gasteiger partial charge is 0.137 e. The first kappa shape index (κ1) is 13.3. The van der Waals surface area contributed by atoms with Crippen molar-refractivity contribution in [3.63, 3.8) is 0 Å². The lowest BCUT2D eigenvalue weighted by Crippen LogP contribution is -2.15. The fourth-order valence-corrected chi connectivity index (χ4v) is 2.47. The molecule has 1 aliphatic rings. The lowest BCUT2D eigenvalue weighted by molar-refractivity contribution is 0.208. The molecule has 0 aromatic carbocycles. The summed E-state index contributed by atoms with van der Waals surface area (Å²) in [6.07, 6.45) is 9.44. The van der Waals surface area contributed by atoms with Crippen molar-refractivity contribution in [1.29, 1.82) is 0 Å². The van der Waals surface area contributed by atoms with Crippen LogP contribution < -0.4 is 10.5 Å². The number of hydrogen-bond acceptors (Lipinski definition) is 3. The summed E-state index contributed by atoms with van der Waals surface area (Å²) < 4.78 is 5.81. The Morgan fingerprint density at radius 3 is 2.72 bits per heavy atom. The number of nitrogens with zero attached hydrogens (tertiary/aromatic N) is 1. The van der Waals surface area contributed by atoms with Gasteiger partial charge in [0, 0.05) is 6.04 Å². The molecule has 0 unspecified atom stereocenters. The molecule has 1 saturated carbocycles.